The van der Waals surface area contributed by atoms with Crippen LogP contribution in [0.2, 0.25) is 0 Å². The maximum absolute atomic E-state index is 11.9. The minimum atomic E-state index is -4.62. The monoisotopic (exact) mass is 239 g/mol. The van der Waals surface area contributed by atoms with Gasteiger partial charge in [0.15, 0.2) is 11.9 Å². The van der Waals surface area contributed by atoms with E-state index in [1.807, 2.05) is 0 Å². The van der Waals surface area contributed by atoms with E-state index in [0.717, 1.165) is 0 Å². The van der Waals surface area contributed by atoms with Gasteiger partial charge >= 0.3 is 6.18 Å². The third-order valence-corrected chi connectivity index (χ3v) is 2.52. The molecule has 1 rings (SSSR count). The highest BCUT2D eigenvalue weighted by Gasteiger charge is 2.38. The lowest BCUT2D eigenvalue weighted by Crippen LogP contribution is -2.30. The summed E-state index contributed by atoms with van der Waals surface area (Å²) in [6, 6.07) is 0. The third-order valence-electron chi connectivity index (χ3n) is 1.45. The number of aromatic nitrogens is 2. The van der Waals surface area contributed by atoms with Gasteiger partial charge in [0.05, 0.1) is 0 Å². The molecule has 0 aliphatic heterocycles. The molecule has 0 fully saturated rings. The quantitative estimate of drug-likeness (QED) is 0.772. The van der Waals surface area contributed by atoms with Crippen molar-refractivity contribution in [2.45, 2.75) is 17.3 Å². The van der Waals surface area contributed by atoms with Gasteiger partial charge < -0.3 is 10.8 Å². The smallest absolute Gasteiger partial charge is 0.383 e. The molecular formula is C7H8F3N3OS. The number of nitrogen functional groups attached to an aromatic ring is 1. The topological polar surface area (TPSA) is 72.0 Å². The van der Waals surface area contributed by atoms with Gasteiger partial charge in [-0.25, -0.2) is 9.97 Å². The average Bonchev–Trinajstić information content (AvgIpc) is 2.14. The number of nitrogens with two attached hydrogens (primary N) is 1. The molecule has 0 bridgehead atoms. The van der Waals surface area contributed by atoms with Crippen molar-refractivity contribution in [2.24, 2.45) is 0 Å². The van der Waals surface area contributed by atoms with Crippen LogP contribution in [0.5, 0.6) is 0 Å². The molecule has 1 unspecified atom stereocenters. The van der Waals surface area contributed by atoms with Crippen LogP contribution in [0.3, 0.4) is 0 Å². The minimum absolute atomic E-state index is 0.0527. The zero-order valence-electron chi connectivity index (χ0n) is 7.40. The van der Waals surface area contributed by atoms with E-state index in [9.17, 15) is 13.2 Å². The summed E-state index contributed by atoms with van der Waals surface area (Å²) in [5, 5.41) is 8.88. The van der Waals surface area contributed by atoms with E-state index >= 15 is 0 Å². The fraction of sp³-hybridized carbons (Fsp3) is 0.429. The summed E-state index contributed by atoms with van der Waals surface area (Å²) < 4.78 is 35.8. The highest BCUT2D eigenvalue weighted by Crippen LogP contribution is 2.27. The molecule has 1 heterocycles. The van der Waals surface area contributed by atoms with Crippen LogP contribution in [0, 0.1) is 0 Å². The van der Waals surface area contributed by atoms with Gasteiger partial charge in [0.25, 0.3) is 0 Å². The molecule has 0 spiro atoms. The standard InChI is InChI=1S/C7H8F3N3OS/c8-7(9,10)4(14)3-15-6-5(11)12-1-2-13-6/h1-2,4,14H,3H2,(H2,11,12). The zero-order chi connectivity index (χ0) is 11.5. The Morgan fingerprint density at radius 3 is 2.53 bits per heavy atom. The van der Waals surface area contributed by atoms with E-state index in [4.69, 9.17) is 10.8 Å². The molecule has 0 aliphatic rings. The van der Waals surface area contributed by atoms with Gasteiger partial charge in [-0.1, -0.05) is 11.8 Å². The zero-order valence-corrected chi connectivity index (χ0v) is 8.22. The Morgan fingerprint density at radius 2 is 2.00 bits per heavy atom. The van der Waals surface area contributed by atoms with Crippen LogP contribution in [0.25, 0.3) is 0 Å². The van der Waals surface area contributed by atoms with Crippen LogP contribution < -0.4 is 5.73 Å². The van der Waals surface area contributed by atoms with Crippen LogP contribution in [-0.4, -0.2) is 33.1 Å². The Bertz CT molecular complexity index is 334. The first-order valence-electron chi connectivity index (χ1n) is 3.85. The van der Waals surface area contributed by atoms with Crippen LogP contribution in [0.15, 0.2) is 17.4 Å². The maximum Gasteiger partial charge on any atom is 0.415 e. The van der Waals surface area contributed by atoms with Crippen molar-refractivity contribution >= 4 is 17.6 Å². The lowest BCUT2D eigenvalue weighted by Gasteiger charge is -2.13. The first kappa shape index (κ1) is 12.1. The largest absolute Gasteiger partial charge is 0.415 e. The Balaban J connectivity index is 2.55. The summed E-state index contributed by atoms with van der Waals surface area (Å²) in [6.45, 7) is 0. The summed E-state index contributed by atoms with van der Waals surface area (Å²) in [5.41, 5.74) is 5.36. The SMILES string of the molecule is Nc1nccnc1SCC(O)C(F)(F)F. The lowest BCUT2D eigenvalue weighted by molar-refractivity contribution is -0.195. The highest BCUT2D eigenvalue weighted by atomic mass is 32.2. The van der Waals surface area contributed by atoms with Crippen LogP contribution in [-0.2, 0) is 0 Å². The third kappa shape index (κ3) is 3.56. The van der Waals surface area contributed by atoms with Crippen molar-refractivity contribution < 1.29 is 18.3 Å². The summed E-state index contributed by atoms with van der Waals surface area (Å²) >= 11 is 0.713. The molecule has 4 nitrogen and oxygen atoms in total. The number of aliphatic hydroxyl groups is 1. The van der Waals surface area contributed by atoms with E-state index in [1.54, 1.807) is 0 Å². The van der Waals surface area contributed by atoms with Crippen molar-refractivity contribution in [3.63, 3.8) is 0 Å². The molecule has 1 aromatic rings. The van der Waals surface area contributed by atoms with Crippen molar-refractivity contribution in [3.8, 4) is 0 Å². The highest BCUT2D eigenvalue weighted by molar-refractivity contribution is 7.99. The van der Waals surface area contributed by atoms with E-state index in [0.29, 0.717) is 11.8 Å². The molecule has 8 heteroatoms. The number of aliphatic hydroxyl groups excluding tert-OH is 1. The Labute approximate surface area is 87.7 Å². The molecule has 0 aromatic carbocycles. The summed E-state index contributed by atoms with van der Waals surface area (Å²) in [7, 11) is 0. The lowest BCUT2D eigenvalue weighted by atomic mass is 10.4. The molecule has 1 aromatic heterocycles. The van der Waals surface area contributed by atoms with Crippen LogP contribution in [0.4, 0.5) is 19.0 Å². The molecule has 0 radical (unpaired) electrons. The molecule has 3 N–H and O–H groups in total. The number of anilines is 1. The molecular weight excluding hydrogens is 231 g/mol. The molecule has 0 amide bonds. The first-order chi connectivity index (χ1) is 6.91. The molecule has 0 saturated carbocycles. The summed E-state index contributed by atoms with van der Waals surface area (Å²) in [4.78, 5) is 7.38. The number of thioether (sulfide) groups is 1. The second-order valence-electron chi connectivity index (χ2n) is 2.62. The normalized spacial score (nSPS) is 13.9. The van der Waals surface area contributed by atoms with E-state index in [2.05, 4.69) is 9.97 Å². The van der Waals surface area contributed by atoms with Crippen LogP contribution >= 0.6 is 11.8 Å². The number of alkyl halides is 3. The molecule has 0 aliphatic carbocycles. The van der Waals surface area contributed by atoms with Gasteiger partial charge in [-0.2, -0.15) is 13.2 Å². The van der Waals surface area contributed by atoms with Gasteiger partial charge in [0.1, 0.15) is 5.03 Å². The number of nitrogens with zero attached hydrogens (tertiary/aromatic N) is 2. The van der Waals surface area contributed by atoms with Crippen molar-refractivity contribution in [1.82, 2.24) is 9.97 Å². The van der Waals surface area contributed by atoms with Gasteiger partial charge in [-0.3, -0.25) is 0 Å². The molecule has 15 heavy (non-hydrogen) atoms. The summed E-state index contributed by atoms with van der Waals surface area (Å²) in [6.07, 6.45) is -4.36. The van der Waals surface area contributed by atoms with E-state index in [-0.39, 0.29) is 10.8 Å². The molecule has 1 atom stereocenters. The van der Waals surface area contributed by atoms with Gasteiger partial charge in [-0.05, 0) is 0 Å². The van der Waals surface area contributed by atoms with Gasteiger partial charge in [0.2, 0.25) is 0 Å². The van der Waals surface area contributed by atoms with E-state index < -0.39 is 18.0 Å². The maximum atomic E-state index is 11.9. The predicted octanol–water partition coefficient (Wildman–Crippen LogP) is 1.07. The number of hydrogen-bond donors (Lipinski definition) is 2. The van der Waals surface area contributed by atoms with Crippen molar-refractivity contribution in [1.29, 1.82) is 0 Å². The summed E-state index contributed by atoms with van der Waals surface area (Å²) in [5.74, 6) is -0.497. The Morgan fingerprint density at radius 1 is 1.40 bits per heavy atom. The Kier molecular flexibility index (Phi) is 3.75. The van der Waals surface area contributed by atoms with Crippen molar-refractivity contribution in [3.05, 3.63) is 12.4 Å². The molecule has 0 saturated heterocycles. The van der Waals surface area contributed by atoms with Crippen molar-refractivity contribution in [2.75, 3.05) is 11.5 Å². The predicted molar refractivity (Wildman–Crippen MR) is 49.2 cm³/mol. The second kappa shape index (κ2) is 4.67. The van der Waals surface area contributed by atoms with Crippen LogP contribution in [0.1, 0.15) is 0 Å². The number of halogens is 3. The van der Waals surface area contributed by atoms with Gasteiger partial charge in [0, 0.05) is 18.1 Å². The number of hydrogen-bond acceptors (Lipinski definition) is 5. The minimum Gasteiger partial charge on any atom is -0.383 e. The fourth-order valence-electron chi connectivity index (χ4n) is 0.700. The fourth-order valence-corrected chi connectivity index (χ4v) is 1.54. The van der Waals surface area contributed by atoms with Gasteiger partial charge in [-0.15, -0.1) is 0 Å². The van der Waals surface area contributed by atoms with E-state index in [1.165, 1.54) is 12.4 Å². The number of rotatable bonds is 3. The average molecular weight is 239 g/mol. The first-order valence-corrected chi connectivity index (χ1v) is 4.84. The second-order valence-corrected chi connectivity index (χ2v) is 3.62. The Hall–Kier alpha value is -1.02. The molecule has 84 valence electrons.